The molecule has 8 heteroatoms. The molecule has 0 radical (unpaired) electrons. The fraction of sp³-hybridized carbons (Fsp3) is 0.947. The highest BCUT2D eigenvalue weighted by atomic mass is 31.2. The van der Waals surface area contributed by atoms with Gasteiger partial charge in [-0.2, -0.15) is 0 Å². The van der Waals surface area contributed by atoms with Gasteiger partial charge in [0.15, 0.2) is 0 Å². The summed E-state index contributed by atoms with van der Waals surface area (Å²) in [6.45, 7) is 14.5. The molecule has 0 bridgehead atoms. The monoisotopic (exact) mass is 410 g/mol. The molecule has 0 saturated carbocycles. The summed E-state index contributed by atoms with van der Waals surface area (Å²) in [6, 6.07) is 0. The summed E-state index contributed by atoms with van der Waals surface area (Å²) in [6.07, 6.45) is 10.4. The zero-order valence-corrected chi connectivity index (χ0v) is 18.8. The average Bonchev–Trinajstić information content (AvgIpc) is 2.59. The molecule has 0 unspecified atom stereocenters. The standard InChI is InChI=1S/C16H36N.C3H8NO5P/c1-5-9-13-17(14-10-6-2,15-11-7-3)16-12-8-4;5-3(6)1-4-2-10(7,8)9/h5-16H2,1-4H3;4H,1-2H2,(H,5,6)(H2,7,8,9)/q+1;/p-1. The van der Waals surface area contributed by atoms with Gasteiger partial charge in [-0.1, -0.05) is 53.4 Å². The lowest BCUT2D eigenvalue weighted by Crippen LogP contribution is -2.50. The van der Waals surface area contributed by atoms with Crippen molar-refractivity contribution < 1.29 is 28.7 Å². The zero-order chi connectivity index (χ0) is 21.2. The number of hydrogen-bond acceptors (Lipinski definition) is 4. The van der Waals surface area contributed by atoms with E-state index in [1.807, 2.05) is 5.32 Å². The Morgan fingerprint density at radius 2 is 1.19 bits per heavy atom. The Kier molecular flexibility index (Phi) is 18.8. The molecule has 0 aromatic heterocycles. The third-order valence-corrected chi connectivity index (χ3v) is 5.17. The molecule has 164 valence electrons. The van der Waals surface area contributed by atoms with E-state index in [1.165, 1.54) is 82.0 Å². The van der Waals surface area contributed by atoms with E-state index in [4.69, 9.17) is 9.79 Å². The first-order valence-electron chi connectivity index (χ1n) is 10.5. The fourth-order valence-electron chi connectivity index (χ4n) is 2.95. The van der Waals surface area contributed by atoms with Crippen LogP contribution in [0.25, 0.3) is 0 Å². The molecule has 7 nitrogen and oxygen atoms in total. The van der Waals surface area contributed by atoms with E-state index in [1.54, 1.807) is 0 Å². The van der Waals surface area contributed by atoms with Crippen LogP contribution in [0.4, 0.5) is 0 Å². The van der Waals surface area contributed by atoms with Crippen LogP contribution < -0.4 is 10.4 Å². The number of unbranched alkanes of at least 4 members (excludes halogenated alkanes) is 4. The van der Waals surface area contributed by atoms with Gasteiger partial charge in [-0.05, 0) is 25.7 Å². The Balaban J connectivity index is 0. The van der Waals surface area contributed by atoms with E-state index in [9.17, 15) is 14.5 Å². The molecule has 0 aliphatic rings. The number of carboxylic acids is 1. The normalized spacial score (nSPS) is 11.8. The van der Waals surface area contributed by atoms with Crippen LogP contribution in [-0.2, 0) is 9.36 Å². The fourth-order valence-corrected chi connectivity index (χ4v) is 3.35. The van der Waals surface area contributed by atoms with Crippen molar-refractivity contribution in [1.82, 2.24) is 5.32 Å². The Morgan fingerprint density at radius 3 is 1.41 bits per heavy atom. The van der Waals surface area contributed by atoms with Gasteiger partial charge in [-0.25, -0.2) is 0 Å². The van der Waals surface area contributed by atoms with Crippen LogP contribution in [-0.4, -0.2) is 59.2 Å². The van der Waals surface area contributed by atoms with Gasteiger partial charge in [0.2, 0.25) is 0 Å². The number of aliphatic carboxylic acids is 1. The number of carbonyl (C=O) groups excluding carboxylic acids is 1. The van der Waals surface area contributed by atoms with Gasteiger partial charge in [-0.15, -0.1) is 0 Å². The van der Waals surface area contributed by atoms with E-state index in [0.29, 0.717) is 0 Å². The lowest BCUT2D eigenvalue weighted by atomic mass is 10.1. The molecule has 0 aliphatic heterocycles. The first-order chi connectivity index (χ1) is 12.7. The molecule has 0 saturated heterocycles. The number of carbonyl (C=O) groups is 1. The van der Waals surface area contributed by atoms with E-state index < -0.39 is 26.4 Å². The Labute approximate surface area is 166 Å². The summed E-state index contributed by atoms with van der Waals surface area (Å²) in [5.41, 5.74) is 0. The van der Waals surface area contributed by atoms with Gasteiger partial charge in [0.25, 0.3) is 0 Å². The van der Waals surface area contributed by atoms with Gasteiger partial charge in [-0.3, -0.25) is 4.57 Å². The maximum atomic E-state index is 10.0. The number of carboxylic acid groups (broad SMARTS) is 1. The second kappa shape index (κ2) is 17.6. The molecule has 0 atom stereocenters. The smallest absolute Gasteiger partial charge is 0.339 e. The predicted molar refractivity (Wildman–Crippen MR) is 109 cm³/mol. The number of rotatable bonds is 16. The highest BCUT2D eigenvalue weighted by molar-refractivity contribution is 7.51. The molecule has 0 heterocycles. The van der Waals surface area contributed by atoms with E-state index in [2.05, 4.69) is 27.7 Å². The summed E-state index contributed by atoms with van der Waals surface area (Å²) >= 11 is 0. The Bertz CT molecular complexity index is 364. The lowest BCUT2D eigenvalue weighted by molar-refractivity contribution is -0.929. The van der Waals surface area contributed by atoms with Crippen LogP contribution in [0.1, 0.15) is 79.1 Å². The van der Waals surface area contributed by atoms with Gasteiger partial charge < -0.3 is 29.5 Å². The molecule has 0 amide bonds. The van der Waals surface area contributed by atoms with E-state index in [-0.39, 0.29) is 0 Å². The van der Waals surface area contributed by atoms with E-state index >= 15 is 0 Å². The second-order valence-corrected chi connectivity index (χ2v) is 8.92. The van der Waals surface area contributed by atoms with Gasteiger partial charge in [0.05, 0.1) is 38.4 Å². The highest BCUT2D eigenvalue weighted by Gasteiger charge is 2.24. The summed E-state index contributed by atoms with van der Waals surface area (Å²) in [5.74, 6) is -1.39. The number of hydrogen-bond donors (Lipinski definition) is 3. The summed E-state index contributed by atoms with van der Waals surface area (Å²) < 4.78 is 11.5. The molecule has 0 aromatic rings. The van der Waals surface area contributed by atoms with Crippen LogP contribution >= 0.6 is 7.60 Å². The quantitative estimate of drug-likeness (QED) is 0.266. The Morgan fingerprint density at radius 1 is 0.852 bits per heavy atom. The van der Waals surface area contributed by atoms with Gasteiger partial charge in [0, 0.05) is 6.54 Å². The van der Waals surface area contributed by atoms with Crippen molar-refractivity contribution in [3.05, 3.63) is 0 Å². The molecule has 0 fully saturated rings. The van der Waals surface area contributed by atoms with Gasteiger partial charge >= 0.3 is 7.60 Å². The van der Waals surface area contributed by atoms with Crippen LogP contribution in [0.3, 0.4) is 0 Å². The molecule has 3 N–H and O–H groups in total. The van der Waals surface area contributed by atoms with Crippen molar-refractivity contribution in [1.29, 1.82) is 0 Å². The maximum Gasteiger partial charge on any atom is 0.339 e. The molecule has 0 aromatic carbocycles. The van der Waals surface area contributed by atoms with Gasteiger partial charge in [0.1, 0.15) is 0 Å². The minimum Gasteiger partial charge on any atom is -0.549 e. The first kappa shape index (κ1) is 28.7. The van der Waals surface area contributed by atoms with Crippen LogP contribution in [0.15, 0.2) is 0 Å². The zero-order valence-electron chi connectivity index (χ0n) is 17.9. The predicted octanol–water partition coefficient (Wildman–Crippen LogP) is 2.46. The van der Waals surface area contributed by atoms with Crippen molar-refractivity contribution in [2.24, 2.45) is 0 Å². The highest BCUT2D eigenvalue weighted by Crippen LogP contribution is 2.31. The number of nitrogens with one attached hydrogen (secondary N) is 1. The third-order valence-electron chi connectivity index (χ3n) is 4.53. The number of quaternary nitrogens is 1. The molecular formula is C19H43N2O5P. The summed E-state index contributed by atoms with van der Waals surface area (Å²) in [7, 11) is -4.12. The summed E-state index contributed by atoms with van der Waals surface area (Å²) in [4.78, 5) is 26.0. The SMILES string of the molecule is CCCC[N+](CCCC)(CCCC)CCCC.O=C([O-])CNCP(=O)(O)O. The van der Waals surface area contributed by atoms with E-state index in [0.717, 1.165) is 0 Å². The summed E-state index contributed by atoms with van der Waals surface area (Å²) in [5, 5.41) is 11.7. The lowest BCUT2D eigenvalue weighted by Gasteiger charge is -2.39. The second-order valence-electron chi connectivity index (χ2n) is 7.27. The van der Waals surface area contributed by atoms with Crippen molar-refractivity contribution in [3.63, 3.8) is 0 Å². The minimum absolute atomic E-state index is 0.550. The molecular weight excluding hydrogens is 367 g/mol. The third kappa shape index (κ3) is 20.1. The Hall–Kier alpha value is -0.460. The van der Waals surface area contributed by atoms with Crippen molar-refractivity contribution >= 4 is 13.6 Å². The molecule has 0 rings (SSSR count). The first-order valence-corrected chi connectivity index (χ1v) is 12.3. The molecule has 0 aliphatic carbocycles. The van der Waals surface area contributed by atoms with Crippen molar-refractivity contribution in [2.75, 3.05) is 39.0 Å². The number of nitrogens with zero attached hydrogens (tertiary/aromatic N) is 1. The minimum atomic E-state index is -4.12. The van der Waals surface area contributed by atoms with Crippen LogP contribution in [0.5, 0.6) is 0 Å². The van der Waals surface area contributed by atoms with Crippen LogP contribution in [0.2, 0.25) is 0 Å². The molecule has 0 spiro atoms. The van der Waals surface area contributed by atoms with Crippen molar-refractivity contribution in [3.8, 4) is 0 Å². The maximum absolute atomic E-state index is 10.0. The average molecular weight is 411 g/mol. The largest absolute Gasteiger partial charge is 0.549 e. The van der Waals surface area contributed by atoms with Crippen LogP contribution in [0, 0.1) is 0 Å². The topological polar surface area (TPSA) is 110 Å². The molecule has 27 heavy (non-hydrogen) atoms. The van der Waals surface area contributed by atoms with Crippen molar-refractivity contribution in [2.45, 2.75) is 79.1 Å².